The van der Waals surface area contributed by atoms with Crippen LogP contribution in [0.25, 0.3) is 0 Å². The van der Waals surface area contributed by atoms with E-state index in [0.29, 0.717) is 31.0 Å². The largest absolute Gasteiger partial charge is 0.435 e. The predicted octanol–water partition coefficient (Wildman–Crippen LogP) is 1.19. The number of aromatic nitrogens is 1. The van der Waals surface area contributed by atoms with Crippen LogP contribution >= 0.6 is 0 Å². The van der Waals surface area contributed by atoms with Crippen LogP contribution in [0.2, 0.25) is 0 Å². The fourth-order valence-corrected chi connectivity index (χ4v) is 4.25. The molecule has 1 aromatic heterocycles. The molecule has 1 saturated heterocycles. The van der Waals surface area contributed by atoms with Crippen molar-refractivity contribution in [2.75, 3.05) is 18.1 Å². The standard InChI is InChI=1S/C13H20N2O4S/c1-4-11-14-9(3)12(19-11)13(16)15(5-2)10-6-7-20(17,18)8-10/h10H,4-8H2,1-3H3/t10-/m0/s1. The Kier molecular flexibility index (Phi) is 4.17. The van der Waals surface area contributed by atoms with Crippen LogP contribution in [0.15, 0.2) is 4.42 Å². The van der Waals surface area contributed by atoms with Crippen LogP contribution in [0, 0.1) is 6.92 Å². The molecule has 0 N–H and O–H groups in total. The summed E-state index contributed by atoms with van der Waals surface area (Å²) in [5, 5.41) is 0. The van der Waals surface area contributed by atoms with Gasteiger partial charge in [-0.25, -0.2) is 13.4 Å². The molecule has 0 aliphatic carbocycles. The highest BCUT2D eigenvalue weighted by molar-refractivity contribution is 7.91. The van der Waals surface area contributed by atoms with E-state index in [1.54, 1.807) is 11.8 Å². The number of carbonyl (C=O) groups is 1. The molecule has 2 heterocycles. The van der Waals surface area contributed by atoms with Gasteiger partial charge in [-0.3, -0.25) is 4.79 Å². The summed E-state index contributed by atoms with van der Waals surface area (Å²) in [6, 6.07) is -0.257. The van der Waals surface area contributed by atoms with Crippen LogP contribution in [0.3, 0.4) is 0 Å². The normalized spacial score (nSPS) is 21.1. The molecule has 1 aromatic rings. The van der Waals surface area contributed by atoms with Crippen molar-refractivity contribution in [3.63, 3.8) is 0 Å². The highest BCUT2D eigenvalue weighted by Gasteiger charge is 2.35. The molecule has 0 bridgehead atoms. The van der Waals surface area contributed by atoms with Crippen molar-refractivity contribution in [3.05, 3.63) is 17.3 Å². The highest BCUT2D eigenvalue weighted by atomic mass is 32.2. The van der Waals surface area contributed by atoms with Gasteiger partial charge in [0.2, 0.25) is 5.76 Å². The average molecular weight is 300 g/mol. The van der Waals surface area contributed by atoms with Crippen LogP contribution in [0.1, 0.15) is 42.4 Å². The molecular formula is C13H20N2O4S. The summed E-state index contributed by atoms with van der Waals surface area (Å²) < 4.78 is 28.6. The fraction of sp³-hybridized carbons (Fsp3) is 0.692. The van der Waals surface area contributed by atoms with E-state index in [2.05, 4.69) is 4.98 Å². The highest BCUT2D eigenvalue weighted by Crippen LogP contribution is 2.21. The zero-order chi connectivity index (χ0) is 14.9. The third-order valence-corrected chi connectivity index (χ3v) is 5.34. The third-order valence-electron chi connectivity index (χ3n) is 3.59. The molecule has 2 rings (SSSR count). The lowest BCUT2D eigenvalue weighted by Crippen LogP contribution is -2.41. The second-order valence-electron chi connectivity index (χ2n) is 5.02. The van der Waals surface area contributed by atoms with E-state index in [0.717, 1.165) is 0 Å². The molecule has 0 radical (unpaired) electrons. The number of hydrogen-bond acceptors (Lipinski definition) is 5. The summed E-state index contributed by atoms with van der Waals surface area (Å²) in [6.45, 7) is 5.94. The minimum absolute atomic E-state index is 0.0421. The van der Waals surface area contributed by atoms with Crippen LogP contribution in [-0.2, 0) is 16.3 Å². The number of sulfone groups is 1. The third kappa shape index (κ3) is 2.87. The Hall–Kier alpha value is -1.37. The zero-order valence-electron chi connectivity index (χ0n) is 12.0. The molecule has 0 unspecified atom stereocenters. The van der Waals surface area contributed by atoms with Crippen molar-refractivity contribution >= 4 is 15.7 Å². The smallest absolute Gasteiger partial charge is 0.291 e. The van der Waals surface area contributed by atoms with Crippen molar-refractivity contribution in [1.82, 2.24) is 9.88 Å². The van der Waals surface area contributed by atoms with Gasteiger partial charge in [0.25, 0.3) is 5.91 Å². The fourth-order valence-electron chi connectivity index (χ4n) is 2.52. The van der Waals surface area contributed by atoms with Gasteiger partial charge < -0.3 is 9.32 Å². The first kappa shape index (κ1) is 15.0. The van der Waals surface area contributed by atoms with E-state index < -0.39 is 9.84 Å². The number of rotatable bonds is 4. The van der Waals surface area contributed by atoms with E-state index in [1.807, 2.05) is 13.8 Å². The van der Waals surface area contributed by atoms with Gasteiger partial charge in [-0.1, -0.05) is 6.92 Å². The molecule has 1 amide bonds. The monoisotopic (exact) mass is 300 g/mol. The Bertz CT molecular complexity index is 606. The van der Waals surface area contributed by atoms with Gasteiger partial charge in [0.05, 0.1) is 17.2 Å². The molecule has 1 atom stereocenters. The molecular weight excluding hydrogens is 280 g/mol. The Morgan fingerprint density at radius 1 is 1.45 bits per heavy atom. The molecule has 112 valence electrons. The van der Waals surface area contributed by atoms with Crippen molar-refractivity contribution in [2.45, 2.75) is 39.7 Å². The first-order valence-electron chi connectivity index (χ1n) is 6.85. The maximum atomic E-state index is 12.5. The van der Waals surface area contributed by atoms with Gasteiger partial charge >= 0.3 is 0 Å². The van der Waals surface area contributed by atoms with E-state index in [-0.39, 0.29) is 29.2 Å². The van der Waals surface area contributed by atoms with Gasteiger partial charge in [-0.2, -0.15) is 0 Å². The lowest BCUT2D eigenvalue weighted by molar-refractivity contribution is 0.0673. The van der Waals surface area contributed by atoms with Gasteiger partial charge in [-0.05, 0) is 20.3 Å². The van der Waals surface area contributed by atoms with Crippen LogP contribution in [-0.4, -0.2) is 48.3 Å². The lowest BCUT2D eigenvalue weighted by atomic mass is 10.2. The number of hydrogen-bond donors (Lipinski definition) is 0. The second-order valence-corrected chi connectivity index (χ2v) is 7.25. The van der Waals surface area contributed by atoms with E-state index in [4.69, 9.17) is 4.42 Å². The Labute approximate surface area is 119 Å². The minimum atomic E-state index is -3.02. The lowest BCUT2D eigenvalue weighted by Gasteiger charge is -2.25. The topological polar surface area (TPSA) is 80.5 Å². The van der Waals surface area contributed by atoms with Crippen LogP contribution < -0.4 is 0 Å². The number of nitrogens with zero attached hydrogens (tertiary/aromatic N) is 2. The molecule has 1 fully saturated rings. The van der Waals surface area contributed by atoms with Crippen molar-refractivity contribution in [2.24, 2.45) is 0 Å². The second kappa shape index (κ2) is 5.55. The quantitative estimate of drug-likeness (QED) is 0.834. The molecule has 0 saturated carbocycles. The van der Waals surface area contributed by atoms with E-state index in [9.17, 15) is 13.2 Å². The average Bonchev–Trinajstić information content (AvgIpc) is 2.93. The first-order valence-corrected chi connectivity index (χ1v) is 8.67. The van der Waals surface area contributed by atoms with E-state index >= 15 is 0 Å². The molecule has 0 aromatic carbocycles. The minimum Gasteiger partial charge on any atom is -0.435 e. The Balaban J connectivity index is 2.23. The molecule has 6 nitrogen and oxygen atoms in total. The predicted molar refractivity (Wildman–Crippen MR) is 74.4 cm³/mol. The number of carbonyl (C=O) groups excluding carboxylic acids is 1. The van der Waals surface area contributed by atoms with Gasteiger partial charge in [0.1, 0.15) is 0 Å². The maximum absolute atomic E-state index is 12.5. The van der Waals surface area contributed by atoms with E-state index in [1.165, 1.54) is 0 Å². The van der Waals surface area contributed by atoms with Gasteiger partial charge in [0.15, 0.2) is 15.7 Å². The van der Waals surface area contributed by atoms with Crippen LogP contribution in [0.4, 0.5) is 0 Å². The van der Waals surface area contributed by atoms with Crippen LogP contribution in [0.5, 0.6) is 0 Å². The van der Waals surface area contributed by atoms with Gasteiger partial charge in [-0.15, -0.1) is 0 Å². The SMILES string of the molecule is CCc1nc(C)c(C(=O)N(CC)[C@H]2CCS(=O)(=O)C2)o1. The summed E-state index contributed by atoms with van der Waals surface area (Å²) >= 11 is 0. The molecule has 20 heavy (non-hydrogen) atoms. The summed E-state index contributed by atoms with van der Waals surface area (Å²) in [7, 11) is -3.02. The molecule has 1 aliphatic rings. The zero-order valence-corrected chi connectivity index (χ0v) is 12.9. The number of oxazole rings is 1. The van der Waals surface area contributed by atoms with Gasteiger partial charge in [0, 0.05) is 19.0 Å². The molecule has 7 heteroatoms. The molecule has 1 aliphatic heterocycles. The van der Waals surface area contributed by atoms with Crippen molar-refractivity contribution in [1.29, 1.82) is 0 Å². The summed E-state index contributed by atoms with van der Waals surface area (Å²) in [4.78, 5) is 18.3. The summed E-state index contributed by atoms with van der Waals surface area (Å²) in [6.07, 6.45) is 1.12. The Morgan fingerprint density at radius 3 is 2.60 bits per heavy atom. The summed E-state index contributed by atoms with van der Waals surface area (Å²) in [5.74, 6) is 0.686. The summed E-state index contributed by atoms with van der Waals surface area (Å²) in [5.41, 5.74) is 0.561. The Morgan fingerprint density at radius 2 is 2.15 bits per heavy atom. The maximum Gasteiger partial charge on any atom is 0.291 e. The van der Waals surface area contributed by atoms with Crippen molar-refractivity contribution < 1.29 is 17.6 Å². The number of aryl methyl sites for hydroxylation is 2. The molecule has 0 spiro atoms. The number of amides is 1. The van der Waals surface area contributed by atoms with Crippen molar-refractivity contribution in [3.8, 4) is 0 Å². The first-order chi connectivity index (χ1) is 9.38.